The van der Waals surface area contributed by atoms with Crippen molar-refractivity contribution in [2.75, 3.05) is 13.1 Å². The molecule has 0 radical (unpaired) electrons. The fourth-order valence-electron chi connectivity index (χ4n) is 1.81. The Morgan fingerprint density at radius 3 is 2.54 bits per heavy atom. The molecule has 0 aromatic carbocycles. The number of ether oxygens (including phenoxy) is 1. The number of nitrogens with one attached hydrogen (secondary N) is 3. The van der Waals surface area contributed by atoms with E-state index in [1.54, 1.807) is 20.8 Å². The molecule has 0 spiro atoms. The normalized spacial score (nSPS) is 10.9. The number of hydrogen-bond donors (Lipinski definition) is 4. The Balaban J connectivity index is 2.23. The van der Waals surface area contributed by atoms with Crippen molar-refractivity contribution >= 4 is 29.6 Å². The van der Waals surface area contributed by atoms with Crippen LogP contribution in [0.15, 0.2) is 12.3 Å². The zero-order chi connectivity index (χ0) is 19.7. The fourth-order valence-corrected chi connectivity index (χ4v) is 2.07. The molecule has 1 aromatic heterocycles. The number of rotatable bonds is 8. The highest BCUT2D eigenvalue weighted by atomic mass is 35.5. The number of carbonyl (C=O) groups is 3. The van der Waals surface area contributed by atoms with Crippen LogP contribution in [0.3, 0.4) is 0 Å². The van der Waals surface area contributed by atoms with Crippen LogP contribution in [0.5, 0.6) is 0 Å². The number of hydrogen-bond acceptors (Lipinski definition) is 6. The first-order chi connectivity index (χ1) is 12.1. The van der Waals surface area contributed by atoms with Gasteiger partial charge < -0.3 is 15.2 Å². The number of carbonyl (C=O) groups excluding carboxylic acids is 2. The number of carboxylic acid groups (broad SMARTS) is 1. The predicted octanol–water partition coefficient (Wildman–Crippen LogP) is 1.51. The number of nitrogens with zero attached hydrogens (tertiary/aromatic N) is 1. The number of esters is 1. The first-order valence-corrected chi connectivity index (χ1v) is 8.32. The molecule has 9 nitrogen and oxygen atoms in total. The maximum Gasteiger partial charge on any atom is 0.337 e. The standard InChI is InChI=1S/C16H23ClN4O5/c1-16(2,3)26-13(22)5-7-20-21-15(25)18-6-4-12-11(17)8-10(9-19-12)14(23)24/h8-9,20H,4-7H2,1-3H3,(H,23,24)(H2,18,21,25). The second-order valence-corrected chi connectivity index (χ2v) is 6.76. The second-order valence-electron chi connectivity index (χ2n) is 6.35. The highest BCUT2D eigenvalue weighted by Gasteiger charge is 2.15. The molecule has 0 aliphatic carbocycles. The number of pyridine rings is 1. The third kappa shape index (κ3) is 8.63. The summed E-state index contributed by atoms with van der Waals surface area (Å²) in [4.78, 5) is 37.9. The van der Waals surface area contributed by atoms with Crippen molar-refractivity contribution in [2.45, 2.75) is 39.2 Å². The Labute approximate surface area is 156 Å². The second kappa shape index (κ2) is 9.93. The molecule has 10 heteroatoms. The van der Waals surface area contributed by atoms with Crippen molar-refractivity contribution in [3.8, 4) is 0 Å². The molecule has 0 saturated heterocycles. The van der Waals surface area contributed by atoms with E-state index in [0.717, 1.165) is 0 Å². The summed E-state index contributed by atoms with van der Waals surface area (Å²) in [6, 6.07) is 0.831. The summed E-state index contributed by atoms with van der Waals surface area (Å²) in [5, 5.41) is 11.6. The summed E-state index contributed by atoms with van der Waals surface area (Å²) in [6.07, 6.45) is 1.67. The van der Waals surface area contributed by atoms with Gasteiger partial charge in [-0.2, -0.15) is 0 Å². The Morgan fingerprint density at radius 1 is 1.27 bits per heavy atom. The topological polar surface area (TPSA) is 130 Å². The Bertz CT molecular complexity index is 661. The molecular formula is C16H23ClN4O5. The van der Waals surface area contributed by atoms with E-state index in [-0.39, 0.29) is 36.1 Å². The van der Waals surface area contributed by atoms with Crippen LogP contribution >= 0.6 is 11.6 Å². The Hall–Kier alpha value is -2.39. The van der Waals surface area contributed by atoms with Crippen LogP contribution in [0.1, 0.15) is 43.2 Å². The SMILES string of the molecule is CC(C)(C)OC(=O)CCNNC(=O)NCCc1ncc(C(=O)O)cc1Cl. The minimum Gasteiger partial charge on any atom is -0.478 e. The lowest BCUT2D eigenvalue weighted by molar-refractivity contribution is -0.154. The summed E-state index contributed by atoms with van der Waals surface area (Å²) in [6.45, 7) is 5.81. The summed E-state index contributed by atoms with van der Waals surface area (Å²) in [5.74, 6) is -1.47. The largest absolute Gasteiger partial charge is 0.478 e. The zero-order valence-electron chi connectivity index (χ0n) is 14.9. The minimum atomic E-state index is -1.11. The van der Waals surface area contributed by atoms with E-state index in [4.69, 9.17) is 21.4 Å². The van der Waals surface area contributed by atoms with Crippen molar-refractivity contribution in [3.63, 3.8) is 0 Å². The van der Waals surface area contributed by atoms with Crippen molar-refractivity contribution in [1.29, 1.82) is 0 Å². The lowest BCUT2D eigenvalue weighted by atomic mass is 10.2. The number of hydrazine groups is 1. The molecule has 0 bridgehead atoms. The molecule has 26 heavy (non-hydrogen) atoms. The first kappa shape index (κ1) is 21.7. The molecule has 2 amide bonds. The summed E-state index contributed by atoms with van der Waals surface area (Å²) in [5.41, 5.74) is 4.94. The molecule has 4 N–H and O–H groups in total. The lowest BCUT2D eigenvalue weighted by Gasteiger charge is -2.19. The third-order valence-electron chi connectivity index (χ3n) is 2.89. The van der Waals surface area contributed by atoms with Crippen LogP contribution in [-0.2, 0) is 16.0 Å². The van der Waals surface area contributed by atoms with Gasteiger partial charge in [0.2, 0.25) is 0 Å². The highest BCUT2D eigenvalue weighted by Crippen LogP contribution is 2.15. The van der Waals surface area contributed by atoms with Crippen molar-refractivity contribution in [2.24, 2.45) is 0 Å². The minimum absolute atomic E-state index is 0.00126. The molecule has 0 atom stereocenters. The van der Waals surface area contributed by atoms with Gasteiger partial charge in [0.15, 0.2) is 0 Å². The van der Waals surface area contributed by atoms with E-state index in [1.165, 1.54) is 12.3 Å². The van der Waals surface area contributed by atoms with E-state index in [2.05, 4.69) is 21.2 Å². The van der Waals surface area contributed by atoms with Crippen molar-refractivity contribution in [3.05, 3.63) is 28.5 Å². The molecule has 1 aromatic rings. The molecule has 1 rings (SSSR count). The van der Waals surface area contributed by atoms with Gasteiger partial charge in [0.25, 0.3) is 0 Å². The van der Waals surface area contributed by atoms with Crippen LogP contribution in [0.25, 0.3) is 0 Å². The van der Waals surface area contributed by atoms with E-state index < -0.39 is 17.6 Å². The van der Waals surface area contributed by atoms with Gasteiger partial charge in [-0.15, -0.1) is 0 Å². The Kier molecular flexibility index (Phi) is 8.27. The van der Waals surface area contributed by atoms with Crippen LogP contribution in [0, 0.1) is 0 Å². The molecule has 0 unspecified atom stereocenters. The highest BCUT2D eigenvalue weighted by molar-refractivity contribution is 6.31. The number of amides is 2. The average Bonchev–Trinajstić information content (AvgIpc) is 2.51. The van der Waals surface area contributed by atoms with E-state index in [0.29, 0.717) is 12.1 Å². The van der Waals surface area contributed by atoms with Gasteiger partial charge in [0.1, 0.15) is 5.60 Å². The molecule has 0 saturated carbocycles. The van der Waals surface area contributed by atoms with E-state index in [1.807, 2.05) is 0 Å². The van der Waals surface area contributed by atoms with Crippen LogP contribution < -0.4 is 16.2 Å². The number of halogens is 1. The van der Waals surface area contributed by atoms with Gasteiger partial charge >= 0.3 is 18.0 Å². The zero-order valence-corrected chi connectivity index (χ0v) is 15.6. The smallest absolute Gasteiger partial charge is 0.337 e. The van der Waals surface area contributed by atoms with Crippen LogP contribution in [0.4, 0.5) is 4.79 Å². The summed E-state index contributed by atoms with van der Waals surface area (Å²) >= 11 is 5.96. The number of urea groups is 1. The molecular weight excluding hydrogens is 364 g/mol. The summed E-state index contributed by atoms with van der Waals surface area (Å²) in [7, 11) is 0. The van der Waals surface area contributed by atoms with Crippen molar-refractivity contribution in [1.82, 2.24) is 21.2 Å². The van der Waals surface area contributed by atoms with Crippen molar-refractivity contribution < 1.29 is 24.2 Å². The molecule has 0 fully saturated rings. The van der Waals surface area contributed by atoms with E-state index in [9.17, 15) is 14.4 Å². The third-order valence-corrected chi connectivity index (χ3v) is 3.22. The molecule has 144 valence electrons. The van der Waals surface area contributed by atoms with Gasteiger partial charge in [-0.3, -0.25) is 15.2 Å². The monoisotopic (exact) mass is 386 g/mol. The van der Waals surface area contributed by atoms with E-state index >= 15 is 0 Å². The first-order valence-electron chi connectivity index (χ1n) is 7.95. The van der Waals surface area contributed by atoms with Crippen LogP contribution in [0.2, 0.25) is 5.02 Å². The van der Waals surface area contributed by atoms with Gasteiger partial charge in [-0.1, -0.05) is 11.6 Å². The number of aromatic nitrogens is 1. The van der Waals surface area contributed by atoms with Crippen LogP contribution in [-0.4, -0.2) is 46.8 Å². The predicted molar refractivity (Wildman–Crippen MR) is 94.9 cm³/mol. The average molecular weight is 387 g/mol. The fraction of sp³-hybridized carbons (Fsp3) is 0.500. The number of aromatic carboxylic acids is 1. The Morgan fingerprint density at radius 2 is 1.96 bits per heavy atom. The van der Waals surface area contributed by atoms with Gasteiger partial charge in [-0.05, 0) is 26.8 Å². The summed E-state index contributed by atoms with van der Waals surface area (Å²) < 4.78 is 5.13. The molecule has 0 aliphatic rings. The maximum absolute atomic E-state index is 11.6. The van der Waals surface area contributed by atoms with Gasteiger partial charge in [0, 0.05) is 25.7 Å². The maximum atomic E-state index is 11.6. The van der Waals surface area contributed by atoms with Gasteiger partial charge in [-0.25, -0.2) is 15.0 Å². The van der Waals surface area contributed by atoms with Gasteiger partial charge in [0.05, 0.1) is 22.7 Å². The lowest BCUT2D eigenvalue weighted by Crippen LogP contribution is -2.45. The molecule has 0 aliphatic heterocycles. The molecule has 1 heterocycles. The quantitative estimate of drug-likeness (QED) is 0.302. The number of carboxylic acids is 1.